The maximum absolute atomic E-state index is 12.9. The number of ether oxygens (including phenoxy) is 3. The minimum absolute atomic E-state index is 0.109. The number of hydrogen-bond donors (Lipinski definition) is 6. The van der Waals surface area contributed by atoms with Gasteiger partial charge in [-0.2, -0.15) is 0 Å². The molecule has 2 rings (SSSR count). The van der Waals surface area contributed by atoms with Gasteiger partial charge in [-0.1, -0.05) is 29.8 Å². The Kier molecular flexibility index (Phi) is 13.4. The molecule has 0 bridgehead atoms. The summed E-state index contributed by atoms with van der Waals surface area (Å²) in [6.07, 6.45) is -4.53. The molecule has 0 spiro atoms. The first-order chi connectivity index (χ1) is 17.9. The van der Waals surface area contributed by atoms with Crippen LogP contribution in [0.4, 0.5) is 0 Å². The third-order valence-electron chi connectivity index (χ3n) is 5.08. The van der Waals surface area contributed by atoms with E-state index in [9.17, 15) is 19.2 Å². The minimum atomic E-state index is -2.27. The number of benzene rings is 1. The van der Waals surface area contributed by atoms with Crippen LogP contribution in [0.1, 0.15) is 25.3 Å². The number of nitrogens with two attached hydrogens (primary N) is 1. The molecule has 0 aromatic heterocycles. The number of methoxy groups -OCH3 is 1. The van der Waals surface area contributed by atoms with E-state index >= 15 is 0 Å². The molecule has 1 aromatic carbocycles. The van der Waals surface area contributed by atoms with Crippen molar-refractivity contribution in [3.63, 3.8) is 0 Å². The maximum Gasteiger partial charge on any atom is 0.336 e. The van der Waals surface area contributed by atoms with Gasteiger partial charge in [-0.3, -0.25) is 0 Å². The van der Waals surface area contributed by atoms with Gasteiger partial charge in [0.1, 0.15) is 0 Å². The number of dihydropyridines is 1. The van der Waals surface area contributed by atoms with Crippen LogP contribution in [-0.4, -0.2) is 90.0 Å². The lowest BCUT2D eigenvalue weighted by molar-refractivity contribution is -0.165. The van der Waals surface area contributed by atoms with Gasteiger partial charge in [0.2, 0.25) is 0 Å². The molecule has 14 heteroatoms. The SMILES string of the molecule is CCOC(=O)C1=C(COCCN)NC(C)=C(C(=O)OC)[C@H]1c1ccccc1Cl.O=C(O)C(O)C(O)C(=O)O. The number of carbonyl (C=O) groups excluding carboxylic acids is 2. The number of carboxylic acids is 2. The molecule has 210 valence electrons. The summed E-state index contributed by atoms with van der Waals surface area (Å²) in [5, 5.41) is 36.0. The van der Waals surface area contributed by atoms with Crippen LogP contribution in [-0.2, 0) is 33.4 Å². The summed E-state index contributed by atoms with van der Waals surface area (Å²) in [7, 11) is 1.29. The zero-order valence-corrected chi connectivity index (χ0v) is 21.7. The molecule has 13 nitrogen and oxygen atoms in total. The summed E-state index contributed by atoms with van der Waals surface area (Å²) in [4.78, 5) is 45.0. The zero-order valence-electron chi connectivity index (χ0n) is 21.0. The number of hydrogen-bond acceptors (Lipinski definition) is 11. The number of carbonyl (C=O) groups is 4. The lowest BCUT2D eigenvalue weighted by Crippen LogP contribution is -2.39. The molecule has 1 aliphatic heterocycles. The third-order valence-corrected chi connectivity index (χ3v) is 5.42. The van der Waals surface area contributed by atoms with Crippen LogP contribution in [0.2, 0.25) is 5.02 Å². The molecule has 7 N–H and O–H groups in total. The lowest BCUT2D eigenvalue weighted by Gasteiger charge is -2.31. The quantitative estimate of drug-likeness (QED) is 0.158. The van der Waals surface area contributed by atoms with E-state index in [1.54, 1.807) is 38.1 Å². The van der Waals surface area contributed by atoms with Crippen molar-refractivity contribution in [3.8, 4) is 0 Å². The number of rotatable bonds is 11. The molecule has 1 heterocycles. The number of esters is 2. The van der Waals surface area contributed by atoms with E-state index < -0.39 is 42.0 Å². The highest BCUT2D eigenvalue weighted by molar-refractivity contribution is 6.31. The standard InChI is InChI=1S/C20H25ClN2O5.C4H6O6/c1-4-28-20(25)18-15(11-27-10-9-22)23-12(2)16(19(24)26-3)17(18)13-7-5-6-8-14(13)21;5-1(3(7)8)2(6)4(9)10/h5-8,17,23H,4,9-11,22H2,1-3H3;1-2,5-6H,(H,7,8)(H,9,10)/t17-;/m1./s1. The summed E-state index contributed by atoms with van der Waals surface area (Å²) < 4.78 is 15.8. The molecular formula is C24H31ClN2O11. The molecule has 38 heavy (non-hydrogen) atoms. The minimum Gasteiger partial charge on any atom is -0.479 e. The summed E-state index contributed by atoms with van der Waals surface area (Å²) in [5.41, 5.74) is 7.70. The molecule has 1 aliphatic rings. The Morgan fingerprint density at radius 2 is 1.63 bits per heavy atom. The molecule has 0 aliphatic carbocycles. The van der Waals surface area contributed by atoms with Gasteiger partial charge < -0.3 is 45.7 Å². The van der Waals surface area contributed by atoms with Gasteiger partial charge in [-0.15, -0.1) is 0 Å². The number of allylic oxidation sites excluding steroid dienone is 1. The van der Waals surface area contributed by atoms with E-state index in [0.29, 0.717) is 40.7 Å². The van der Waals surface area contributed by atoms with Crippen molar-refractivity contribution in [1.29, 1.82) is 0 Å². The number of aliphatic carboxylic acids is 2. The largest absolute Gasteiger partial charge is 0.479 e. The Labute approximate surface area is 223 Å². The second kappa shape index (κ2) is 15.7. The van der Waals surface area contributed by atoms with E-state index in [4.69, 9.17) is 52.0 Å². The fourth-order valence-electron chi connectivity index (χ4n) is 3.39. The van der Waals surface area contributed by atoms with Gasteiger partial charge >= 0.3 is 23.9 Å². The van der Waals surface area contributed by atoms with Crippen molar-refractivity contribution >= 4 is 35.5 Å². The first-order valence-electron chi connectivity index (χ1n) is 11.2. The lowest BCUT2D eigenvalue weighted by atomic mass is 9.80. The summed E-state index contributed by atoms with van der Waals surface area (Å²) in [6.45, 7) is 4.42. The van der Waals surface area contributed by atoms with E-state index in [-0.39, 0.29) is 18.8 Å². The Hall–Kier alpha value is -3.49. The molecule has 0 fully saturated rings. The summed E-state index contributed by atoms with van der Waals surface area (Å²) in [5.74, 6) is -5.40. The monoisotopic (exact) mass is 558 g/mol. The van der Waals surface area contributed by atoms with Crippen LogP contribution < -0.4 is 11.1 Å². The van der Waals surface area contributed by atoms with Gasteiger partial charge in [-0.05, 0) is 25.5 Å². The molecule has 2 unspecified atom stereocenters. The van der Waals surface area contributed by atoms with Crippen LogP contribution >= 0.6 is 11.6 Å². The number of halogens is 1. The van der Waals surface area contributed by atoms with Crippen molar-refractivity contribution in [2.75, 3.05) is 33.5 Å². The molecular weight excluding hydrogens is 528 g/mol. The maximum atomic E-state index is 12.9. The number of aliphatic hydroxyl groups excluding tert-OH is 2. The van der Waals surface area contributed by atoms with Gasteiger partial charge in [0.15, 0.2) is 12.2 Å². The normalized spacial score (nSPS) is 16.4. The average Bonchev–Trinajstić information content (AvgIpc) is 2.87. The average molecular weight is 559 g/mol. The first kappa shape index (κ1) is 32.5. The van der Waals surface area contributed by atoms with Crippen LogP contribution in [0, 0.1) is 0 Å². The van der Waals surface area contributed by atoms with Gasteiger partial charge in [0, 0.05) is 17.3 Å². The van der Waals surface area contributed by atoms with Gasteiger partial charge in [0.05, 0.1) is 49.7 Å². The van der Waals surface area contributed by atoms with Crippen molar-refractivity contribution < 1.29 is 53.8 Å². The fraction of sp³-hybridized carbons (Fsp3) is 0.417. The van der Waals surface area contributed by atoms with Gasteiger partial charge in [-0.25, -0.2) is 19.2 Å². The highest BCUT2D eigenvalue weighted by Crippen LogP contribution is 2.41. The summed E-state index contributed by atoms with van der Waals surface area (Å²) >= 11 is 6.42. The smallest absolute Gasteiger partial charge is 0.336 e. The van der Waals surface area contributed by atoms with E-state index in [2.05, 4.69) is 5.32 Å². The fourth-order valence-corrected chi connectivity index (χ4v) is 3.63. The van der Waals surface area contributed by atoms with Crippen LogP contribution in [0.25, 0.3) is 0 Å². The van der Waals surface area contributed by atoms with Crippen molar-refractivity contribution in [2.45, 2.75) is 32.0 Å². The molecule has 3 atom stereocenters. The van der Waals surface area contributed by atoms with Crippen LogP contribution in [0.5, 0.6) is 0 Å². The number of aliphatic hydroxyl groups is 2. The molecule has 0 saturated carbocycles. The van der Waals surface area contributed by atoms with E-state index in [0.717, 1.165) is 0 Å². The number of carboxylic acid groups (broad SMARTS) is 2. The number of nitrogens with one attached hydrogen (secondary N) is 1. The molecule has 0 saturated heterocycles. The first-order valence-corrected chi connectivity index (χ1v) is 11.6. The predicted octanol–water partition coefficient (Wildman–Crippen LogP) is 0.144. The van der Waals surface area contributed by atoms with Crippen LogP contribution in [0.3, 0.4) is 0 Å². The molecule has 0 radical (unpaired) electrons. The topological polar surface area (TPSA) is 215 Å². The van der Waals surface area contributed by atoms with E-state index in [1.165, 1.54) is 7.11 Å². The Morgan fingerprint density at radius 3 is 2.11 bits per heavy atom. The van der Waals surface area contributed by atoms with Crippen molar-refractivity contribution in [3.05, 3.63) is 57.4 Å². The van der Waals surface area contributed by atoms with E-state index in [1.807, 2.05) is 0 Å². The second-order valence-electron chi connectivity index (χ2n) is 7.63. The van der Waals surface area contributed by atoms with Crippen molar-refractivity contribution in [1.82, 2.24) is 5.32 Å². The third kappa shape index (κ3) is 8.53. The second-order valence-corrected chi connectivity index (χ2v) is 8.04. The molecule has 1 aromatic rings. The van der Waals surface area contributed by atoms with Gasteiger partial charge in [0.25, 0.3) is 0 Å². The highest BCUT2D eigenvalue weighted by Gasteiger charge is 2.39. The zero-order chi connectivity index (χ0) is 29.0. The highest BCUT2D eigenvalue weighted by atomic mass is 35.5. The Balaban J connectivity index is 0.000000612. The Morgan fingerprint density at radius 1 is 1.05 bits per heavy atom. The summed E-state index contributed by atoms with van der Waals surface area (Å²) in [6, 6.07) is 7.05. The predicted molar refractivity (Wildman–Crippen MR) is 133 cm³/mol. The molecule has 0 amide bonds. The van der Waals surface area contributed by atoms with Crippen LogP contribution in [0.15, 0.2) is 46.8 Å². The van der Waals surface area contributed by atoms with Crippen molar-refractivity contribution in [2.24, 2.45) is 5.73 Å². The Bertz CT molecular complexity index is 1070.